The Kier molecular flexibility index (Phi) is 6.29. The number of hydrogen-bond acceptors (Lipinski definition) is 2. The molecule has 0 radical (unpaired) electrons. The lowest BCUT2D eigenvalue weighted by molar-refractivity contribution is -0.148. The van der Waals surface area contributed by atoms with E-state index >= 15 is 0 Å². The second-order valence-electron chi connectivity index (χ2n) is 12.5. The lowest BCUT2D eigenvalue weighted by atomic mass is 9.47. The Morgan fingerprint density at radius 3 is 2.45 bits per heavy atom. The Bertz CT molecular complexity index is 714. The number of rotatable bonds is 6. The highest BCUT2D eigenvalue weighted by atomic mass is 16.5. The van der Waals surface area contributed by atoms with Crippen LogP contribution in [-0.2, 0) is 9.53 Å². The quantitative estimate of drug-likeness (QED) is 0.471. The number of hydrogen-bond donors (Lipinski definition) is 0. The summed E-state index contributed by atoms with van der Waals surface area (Å²) in [6.07, 6.45) is 13.6. The van der Waals surface area contributed by atoms with Gasteiger partial charge in [-0.1, -0.05) is 53.9 Å². The molecule has 0 bridgehead atoms. The molecule has 0 aromatic rings. The minimum Gasteiger partial charge on any atom is -0.501 e. The van der Waals surface area contributed by atoms with Crippen LogP contribution in [0.5, 0.6) is 0 Å². The highest BCUT2D eigenvalue weighted by molar-refractivity contribution is 5.78. The first-order valence-electron chi connectivity index (χ1n) is 13.1. The third kappa shape index (κ3) is 3.66. The van der Waals surface area contributed by atoms with Crippen LogP contribution in [0.2, 0.25) is 0 Å². The fraction of sp³-hybridized carbons (Fsp3) is 0.893. The van der Waals surface area contributed by atoms with Crippen LogP contribution in [0.15, 0.2) is 11.8 Å². The lowest BCUT2D eigenvalue weighted by Crippen LogP contribution is -2.60. The van der Waals surface area contributed by atoms with Gasteiger partial charge in [0.15, 0.2) is 0 Å². The van der Waals surface area contributed by atoms with Crippen LogP contribution in [0.4, 0.5) is 0 Å². The molecule has 4 rings (SSSR count). The summed E-state index contributed by atoms with van der Waals surface area (Å²) in [6.45, 7) is 12.3. The lowest BCUT2D eigenvalue weighted by Gasteiger charge is -2.60. The van der Waals surface area contributed by atoms with Crippen LogP contribution in [0.3, 0.4) is 0 Å². The van der Waals surface area contributed by atoms with E-state index < -0.39 is 0 Å². The summed E-state index contributed by atoms with van der Waals surface area (Å²) in [6, 6.07) is 0.196. The van der Waals surface area contributed by atoms with Crippen LogP contribution < -0.4 is 0 Å². The van der Waals surface area contributed by atoms with Crippen molar-refractivity contribution in [3.63, 3.8) is 0 Å². The second-order valence-corrected chi connectivity index (χ2v) is 12.5. The molecule has 1 amide bonds. The average molecular weight is 430 g/mol. The van der Waals surface area contributed by atoms with Crippen LogP contribution in [0.1, 0.15) is 92.4 Å². The van der Waals surface area contributed by atoms with Gasteiger partial charge < -0.3 is 9.64 Å². The molecule has 1 unspecified atom stereocenters. The number of allylic oxidation sites excluding steroid dienone is 1. The van der Waals surface area contributed by atoms with Crippen molar-refractivity contribution in [3.8, 4) is 0 Å². The fourth-order valence-corrected chi connectivity index (χ4v) is 8.78. The third-order valence-corrected chi connectivity index (χ3v) is 10.6. The number of nitrogens with zero attached hydrogens (tertiary/aromatic N) is 1. The van der Waals surface area contributed by atoms with Crippen molar-refractivity contribution in [2.45, 2.75) is 98.4 Å². The van der Waals surface area contributed by atoms with E-state index in [9.17, 15) is 4.79 Å². The van der Waals surface area contributed by atoms with Gasteiger partial charge in [0.05, 0.1) is 18.9 Å². The van der Waals surface area contributed by atoms with Gasteiger partial charge in [0.25, 0.3) is 0 Å². The molecule has 3 aliphatic carbocycles. The van der Waals surface area contributed by atoms with E-state index in [2.05, 4.69) is 40.7 Å². The summed E-state index contributed by atoms with van der Waals surface area (Å²) >= 11 is 0. The fourth-order valence-electron chi connectivity index (χ4n) is 8.78. The highest BCUT2D eigenvalue weighted by Gasteiger charge is 2.62. The largest absolute Gasteiger partial charge is 0.501 e. The first-order chi connectivity index (χ1) is 14.6. The number of piperidine rings is 1. The van der Waals surface area contributed by atoms with E-state index in [1.54, 1.807) is 0 Å². The average Bonchev–Trinajstić information content (AvgIpc) is 3.08. The summed E-state index contributed by atoms with van der Waals surface area (Å²) in [5.41, 5.74) is 0.632. The van der Waals surface area contributed by atoms with Crippen molar-refractivity contribution in [1.82, 2.24) is 4.90 Å². The normalized spacial score (nSPS) is 43.2. The number of carbonyl (C=O) groups excluding carboxylic acids is 1. The Labute approximate surface area is 191 Å². The molecule has 3 fully saturated rings. The van der Waals surface area contributed by atoms with E-state index in [1.165, 1.54) is 50.7 Å². The number of fused-ring (bicyclic) bond motifs is 5. The molecule has 4 aliphatic rings. The minimum atomic E-state index is 0.192. The van der Waals surface area contributed by atoms with Gasteiger partial charge in [0, 0.05) is 19.4 Å². The maximum atomic E-state index is 12.5. The molecule has 8 atom stereocenters. The molecule has 0 aromatic carbocycles. The first kappa shape index (κ1) is 23.2. The van der Waals surface area contributed by atoms with E-state index in [0.717, 1.165) is 30.1 Å². The topological polar surface area (TPSA) is 29.5 Å². The van der Waals surface area contributed by atoms with Gasteiger partial charge in [-0.2, -0.15) is 0 Å². The van der Waals surface area contributed by atoms with E-state index in [1.807, 2.05) is 19.1 Å². The summed E-state index contributed by atoms with van der Waals surface area (Å²) < 4.78 is 6.10. The highest BCUT2D eigenvalue weighted by Crippen LogP contribution is 2.67. The molecule has 1 saturated heterocycles. The standard InChI is InChI=1S/C28H47NO2/c1-18(2)9-8-10-19(3)20-11-12-21-26-22(13-15-27(20,21)4)28(5)16-14-25(30)29(6)24(28)17-23(26)31-7/h17-22,24,26H,8-16H2,1-7H3/t19-,20-,21+,22+,24?,26+,27-,28-/m1/s1. The van der Waals surface area contributed by atoms with Gasteiger partial charge in [-0.3, -0.25) is 4.79 Å². The monoisotopic (exact) mass is 429 g/mol. The molecule has 2 saturated carbocycles. The summed E-state index contributed by atoms with van der Waals surface area (Å²) in [4.78, 5) is 14.5. The minimum absolute atomic E-state index is 0.192. The van der Waals surface area contributed by atoms with Crippen LogP contribution >= 0.6 is 0 Å². The molecular formula is C28H47NO2. The van der Waals surface area contributed by atoms with Crippen LogP contribution in [0.25, 0.3) is 0 Å². The molecular weight excluding hydrogens is 382 g/mol. The maximum absolute atomic E-state index is 12.5. The van der Waals surface area contributed by atoms with Gasteiger partial charge in [0.1, 0.15) is 0 Å². The van der Waals surface area contributed by atoms with Crippen molar-refractivity contribution in [3.05, 3.63) is 11.8 Å². The van der Waals surface area contributed by atoms with Gasteiger partial charge in [0.2, 0.25) is 5.91 Å². The smallest absolute Gasteiger partial charge is 0.222 e. The zero-order chi connectivity index (χ0) is 22.6. The molecule has 3 nitrogen and oxygen atoms in total. The van der Waals surface area contributed by atoms with Crippen molar-refractivity contribution < 1.29 is 9.53 Å². The summed E-state index contributed by atoms with van der Waals surface area (Å²) in [7, 11) is 3.87. The predicted octanol–water partition coefficient (Wildman–Crippen LogP) is 6.68. The zero-order valence-electron chi connectivity index (χ0n) is 21.2. The number of likely N-dealkylation sites (N-methyl/N-ethyl adjacent to an activating group) is 1. The van der Waals surface area contributed by atoms with Crippen LogP contribution in [-0.4, -0.2) is 31.0 Å². The number of ether oxygens (including phenoxy) is 1. The van der Waals surface area contributed by atoms with E-state index in [0.29, 0.717) is 29.6 Å². The number of amides is 1. The van der Waals surface area contributed by atoms with E-state index in [4.69, 9.17) is 4.74 Å². The number of likely N-dealkylation sites (tertiary alicyclic amines) is 1. The number of methoxy groups -OCH3 is 1. The SMILES string of the molecule is COC1=CC2N(C)C(=O)CC[C@]2(C)[C@H]2CC[C@]3(C)[C@@H]([C@H](C)CCCC(C)C)CC[C@H]3[C@H]12. The van der Waals surface area contributed by atoms with Gasteiger partial charge in [-0.25, -0.2) is 0 Å². The summed E-state index contributed by atoms with van der Waals surface area (Å²) in [5, 5.41) is 0. The predicted molar refractivity (Wildman–Crippen MR) is 127 cm³/mol. The molecule has 31 heavy (non-hydrogen) atoms. The maximum Gasteiger partial charge on any atom is 0.222 e. The molecule has 3 heteroatoms. The van der Waals surface area contributed by atoms with Gasteiger partial charge in [-0.15, -0.1) is 0 Å². The molecule has 0 spiro atoms. The zero-order valence-corrected chi connectivity index (χ0v) is 21.2. The first-order valence-corrected chi connectivity index (χ1v) is 13.1. The van der Waals surface area contributed by atoms with E-state index in [-0.39, 0.29) is 11.5 Å². The second kappa shape index (κ2) is 8.41. The molecule has 1 aliphatic heterocycles. The van der Waals surface area contributed by atoms with Gasteiger partial charge in [-0.05, 0) is 78.6 Å². The van der Waals surface area contributed by atoms with Crippen molar-refractivity contribution in [2.75, 3.05) is 14.2 Å². The Morgan fingerprint density at radius 2 is 1.77 bits per heavy atom. The van der Waals surface area contributed by atoms with Crippen molar-refractivity contribution >= 4 is 5.91 Å². The van der Waals surface area contributed by atoms with Crippen molar-refractivity contribution in [1.29, 1.82) is 0 Å². The third-order valence-electron chi connectivity index (χ3n) is 10.6. The number of carbonyl (C=O) groups is 1. The Hall–Kier alpha value is -0.990. The van der Waals surface area contributed by atoms with Gasteiger partial charge >= 0.3 is 0 Å². The van der Waals surface area contributed by atoms with Crippen molar-refractivity contribution in [2.24, 2.45) is 46.3 Å². The Balaban J connectivity index is 1.60. The molecule has 1 heterocycles. The summed E-state index contributed by atoms with van der Waals surface area (Å²) in [5.74, 6) is 5.90. The molecule has 176 valence electrons. The molecule has 0 N–H and O–H groups in total. The Morgan fingerprint density at radius 1 is 1.06 bits per heavy atom. The van der Waals surface area contributed by atoms with Crippen LogP contribution in [0, 0.1) is 46.3 Å². The molecule has 0 aromatic heterocycles.